The number of piperazine rings is 1. The molecular formula is C14H16F3N3O3S. The number of halogens is 3. The fourth-order valence-electron chi connectivity index (χ4n) is 2.90. The summed E-state index contributed by atoms with van der Waals surface area (Å²) in [4.78, 5) is 12.6. The molecule has 10 heteroatoms. The Morgan fingerprint density at radius 2 is 1.79 bits per heavy atom. The van der Waals surface area contributed by atoms with Gasteiger partial charge in [-0.3, -0.25) is 9.69 Å². The van der Waals surface area contributed by atoms with Crippen LogP contribution >= 0.6 is 0 Å². The second-order valence-electron chi connectivity index (χ2n) is 5.84. The number of amides is 1. The Labute approximate surface area is 137 Å². The van der Waals surface area contributed by atoms with Gasteiger partial charge in [-0.25, -0.2) is 8.42 Å². The van der Waals surface area contributed by atoms with Crippen LogP contribution in [0.15, 0.2) is 23.1 Å². The van der Waals surface area contributed by atoms with Crippen molar-refractivity contribution in [2.75, 3.05) is 38.0 Å². The van der Waals surface area contributed by atoms with Crippen molar-refractivity contribution in [3.63, 3.8) is 0 Å². The van der Waals surface area contributed by atoms with Crippen molar-refractivity contribution in [3.8, 4) is 0 Å². The zero-order chi connectivity index (χ0) is 17.5. The lowest BCUT2D eigenvalue weighted by molar-refractivity contribution is -0.148. The molecule has 0 aromatic heterocycles. The number of carbonyl (C=O) groups excluding carboxylic acids is 1. The van der Waals surface area contributed by atoms with E-state index in [4.69, 9.17) is 0 Å². The van der Waals surface area contributed by atoms with Crippen LogP contribution in [-0.4, -0.2) is 62.4 Å². The van der Waals surface area contributed by atoms with Crippen molar-refractivity contribution in [1.82, 2.24) is 9.21 Å². The Balaban J connectivity index is 1.71. The van der Waals surface area contributed by atoms with Crippen molar-refractivity contribution in [2.45, 2.75) is 17.5 Å². The van der Waals surface area contributed by atoms with Crippen molar-refractivity contribution in [3.05, 3.63) is 23.8 Å². The Morgan fingerprint density at radius 1 is 1.12 bits per heavy atom. The smallest absolute Gasteiger partial charge is 0.326 e. The number of anilines is 1. The van der Waals surface area contributed by atoms with Gasteiger partial charge in [0.05, 0.1) is 17.9 Å². The van der Waals surface area contributed by atoms with Crippen LogP contribution in [0, 0.1) is 0 Å². The highest BCUT2D eigenvalue weighted by atomic mass is 32.2. The van der Waals surface area contributed by atoms with Gasteiger partial charge in [0.1, 0.15) is 0 Å². The lowest BCUT2D eigenvalue weighted by atomic mass is 10.2. The SMILES string of the molecule is O=C1Cc2cc(S(=O)(=O)N3CCN(CC(F)(F)F)CC3)ccc2N1. The first-order chi connectivity index (χ1) is 11.1. The zero-order valence-corrected chi connectivity index (χ0v) is 13.5. The van der Waals surface area contributed by atoms with Gasteiger partial charge < -0.3 is 5.32 Å². The van der Waals surface area contributed by atoms with Crippen LogP contribution in [0.1, 0.15) is 5.56 Å². The van der Waals surface area contributed by atoms with Gasteiger partial charge in [0, 0.05) is 31.9 Å². The summed E-state index contributed by atoms with van der Waals surface area (Å²) < 4.78 is 63.6. The van der Waals surface area contributed by atoms with E-state index >= 15 is 0 Å². The van der Waals surface area contributed by atoms with E-state index < -0.39 is 22.7 Å². The molecule has 24 heavy (non-hydrogen) atoms. The number of rotatable bonds is 3. The fourth-order valence-corrected chi connectivity index (χ4v) is 4.37. The number of carbonyl (C=O) groups is 1. The summed E-state index contributed by atoms with van der Waals surface area (Å²) in [6.07, 6.45) is -4.17. The molecule has 0 radical (unpaired) electrons. The van der Waals surface area contributed by atoms with E-state index in [2.05, 4.69) is 5.32 Å². The van der Waals surface area contributed by atoms with Crippen molar-refractivity contribution < 1.29 is 26.4 Å². The number of nitrogens with one attached hydrogen (secondary N) is 1. The van der Waals surface area contributed by atoms with Gasteiger partial charge in [-0.2, -0.15) is 17.5 Å². The molecule has 0 spiro atoms. The highest BCUT2D eigenvalue weighted by molar-refractivity contribution is 7.89. The first-order valence-corrected chi connectivity index (χ1v) is 8.81. The fraction of sp³-hybridized carbons (Fsp3) is 0.500. The Kier molecular flexibility index (Phi) is 4.30. The predicted octanol–water partition coefficient (Wildman–Crippen LogP) is 1.05. The van der Waals surface area contributed by atoms with Crippen LogP contribution in [0.3, 0.4) is 0 Å². The van der Waals surface area contributed by atoms with Crippen LogP contribution in [0.2, 0.25) is 0 Å². The molecule has 2 aliphatic rings. The molecule has 6 nitrogen and oxygen atoms in total. The maximum Gasteiger partial charge on any atom is 0.401 e. The standard InChI is InChI=1S/C14H16F3N3O3S/c15-14(16,17)9-19-3-5-20(6-4-19)24(22,23)11-1-2-12-10(7-11)8-13(21)18-12/h1-2,7H,3-6,8-9H2,(H,18,21). The number of hydrogen-bond donors (Lipinski definition) is 1. The molecule has 1 amide bonds. The van der Waals surface area contributed by atoms with E-state index in [0.717, 1.165) is 0 Å². The van der Waals surface area contributed by atoms with Gasteiger partial charge in [0.25, 0.3) is 0 Å². The first-order valence-electron chi connectivity index (χ1n) is 7.37. The first kappa shape index (κ1) is 17.2. The molecule has 0 unspecified atom stereocenters. The summed E-state index contributed by atoms with van der Waals surface area (Å²) >= 11 is 0. The molecule has 2 aliphatic heterocycles. The maximum atomic E-state index is 12.6. The lowest BCUT2D eigenvalue weighted by Gasteiger charge is -2.34. The highest BCUT2D eigenvalue weighted by Gasteiger charge is 2.35. The number of benzene rings is 1. The van der Waals surface area contributed by atoms with Crippen LogP contribution in [0.25, 0.3) is 0 Å². The average Bonchev–Trinajstić information content (AvgIpc) is 2.85. The number of sulfonamides is 1. The second-order valence-corrected chi connectivity index (χ2v) is 7.78. The van der Waals surface area contributed by atoms with E-state index in [1.54, 1.807) is 0 Å². The van der Waals surface area contributed by atoms with Gasteiger partial charge in [-0.15, -0.1) is 0 Å². The van der Waals surface area contributed by atoms with E-state index in [-0.39, 0.29) is 43.4 Å². The third-order valence-corrected chi connectivity index (χ3v) is 5.97. The molecule has 1 saturated heterocycles. The quantitative estimate of drug-likeness (QED) is 0.872. The van der Waals surface area contributed by atoms with Gasteiger partial charge in [0.15, 0.2) is 0 Å². The van der Waals surface area contributed by atoms with Crippen molar-refractivity contribution in [2.24, 2.45) is 0 Å². The van der Waals surface area contributed by atoms with Crippen LogP contribution in [0.5, 0.6) is 0 Å². The summed E-state index contributed by atoms with van der Waals surface area (Å²) in [6.45, 7) is -0.958. The molecule has 0 saturated carbocycles. The van der Waals surface area contributed by atoms with Crippen LogP contribution < -0.4 is 5.32 Å². The van der Waals surface area contributed by atoms with Gasteiger partial charge >= 0.3 is 6.18 Å². The van der Waals surface area contributed by atoms with Gasteiger partial charge in [-0.1, -0.05) is 0 Å². The normalized spacial score (nSPS) is 20.0. The number of nitrogens with zero attached hydrogens (tertiary/aromatic N) is 2. The summed E-state index contributed by atoms with van der Waals surface area (Å²) in [5.74, 6) is -0.194. The molecule has 1 fully saturated rings. The number of fused-ring (bicyclic) bond motifs is 1. The minimum atomic E-state index is -4.29. The number of alkyl halides is 3. The zero-order valence-electron chi connectivity index (χ0n) is 12.6. The maximum absolute atomic E-state index is 12.6. The lowest BCUT2D eigenvalue weighted by Crippen LogP contribution is -2.50. The van der Waals surface area contributed by atoms with E-state index in [1.807, 2.05) is 0 Å². The summed E-state index contributed by atoms with van der Waals surface area (Å²) in [5, 5.41) is 2.62. The molecule has 1 aromatic carbocycles. The number of hydrogen-bond acceptors (Lipinski definition) is 4. The van der Waals surface area contributed by atoms with Crippen molar-refractivity contribution in [1.29, 1.82) is 0 Å². The van der Waals surface area contributed by atoms with Crippen molar-refractivity contribution >= 4 is 21.6 Å². The molecule has 2 heterocycles. The second kappa shape index (κ2) is 6.01. The van der Waals surface area contributed by atoms with Crippen LogP contribution in [-0.2, 0) is 21.2 Å². The topological polar surface area (TPSA) is 69.7 Å². The monoisotopic (exact) mass is 363 g/mol. The predicted molar refractivity (Wildman–Crippen MR) is 80.0 cm³/mol. The molecule has 0 aliphatic carbocycles. The third-order valence-electron chi connectivity index (χ3n) is 4.07. The molecule has 1 N–H and O–H groups in total. The largest absolute Gasteiger partial charge is 0.401 e. The van der Waals surface area contributed by atoms with Gasteiger partial charge in [0.2, 0.25) is 15.9 Å². The van der Waals surface area contributed by atoms with E-state index in [1.165, 1.54) is 27.4 Å². The molecule has 1 aromatic rings. The molecular weight excluding hydrogens is 347 g/mol. The minimum absolute atomic E-state index is 0.00663. The molecule has 3 rings (SSSR count). The highest BCUT2D eigenvalue weighted by Crippen LogP contribution is 2.28. The Morgan fingerprint density at radius 3 is 2.42 bits per heavy atom. The third kappa shape index (κ3) is 3.55. The Hall–Kier alpha value is -1.65. The van der Waals surface area contributed by atoms with Gasteiger partial charge in [-0.05, 0) is 23.8 Å². The minimum Gasteiger partial charge on any atom is -0.326 e. The molecule has 0 bridgehead atoms. The summed E-state index contributed by atoms with van der Waals surface area (Å²) in [7, 11) is -3.78. The van der Waals surface area contributed by atoms with Crippen LogP contribution in [0.4, 0.5) is 18.9 Å². The Bertz CT molecular complexity index is 756. The van der Waals surface area contributed by atoms with E-state index in [0.29, 0.717) is 11.3 Å². The molecule has 132 valence electrons. The average molecular weight is 363 g/mol. The summed E-state index contributed by atoms with van der Waals surface area (Å²) in [6, 6.07) is 4.39. The summed E-state index contributed by atoms with van der Waals surface area (Å²) in [5.41, 5.74) is 1.20. The molecule has 0 atom stereocenters. The van der Waals surface area contributed by atoms with E-state index in [9.17, 15) is 26.4 Å².